The zero-order valence-electron chi connectivity index (χ0n) is 15.4. The lowest BCUT2D eigenvalue weighted by molar-refractivity contribution is -0.00879. The summed E-state index contributed by atoms with van der Waals surface area (Å²) in [5, 5.41) is 0. The van der Waals surface area contributed by atoms with Gasteiger partial charge in [0.05, 0.1) is 7.11 Å². The lowest BCUT2D eigenvalue weighted by Crippen LogP contribution is -2.60. The second kappa shape index (κ2) is 6.67. The van der Waals surface area contributed by atoms with Gasteiger partial charge in [-0.15, -0.1) is 0 Å². The van der Waals surface area contributed by atoms with Crippen LogP contribution in [-0.2, 0) is 6.54 Å². The van der Waals surface area contributed by atoms with Crippen LogP contribution in [0, 0.1) is 5.92 Å². The highest BCUT2D eigenvalue weighted by atomic mass is 16.5. The van der Waals surface area contributed by atoms with Gasteiger partial charge in [0.1, 0.15) is 5.75 Å². The van der Waals surface area contributed by atoms with Crippen molar-refractivity contribution in [2.24, 2.45) is 5.92 Å². The lowest BCUT2D eigenvalue weighted by Gasteiger charge is -2.51. The van der Waals surface area contributed by atoms with Crippen molar-refractivity contribution < 1.29 is 4.74 Å². The Morgan fingerprint density at radius 3 is 2.58 bits per heavy atom. The van der Waals surface area contributed by atoms with E-state index in [4.69, 9.17) is 4.74 Å². The molecule has 0 radical (unpaired) electrons. The van der Waals surface area contributed by atoms with Crippen LogP contribution >= 0.6 is 0 Å². The molecule has 0 unspecified atom stereocenters. The van der Waals surface area contributed by atoms with Gasteiger partial charge in [-0.25, -0.2) is 0 Å². The SMILES string of the molecule is COc1ccccc1[C@@H]1CN(Cc2ccncc2)[C@H]2C3CCN(CC3)[C@@H]12. The molecule has 0 spiro atoms. The topological polar surface area (TPSA) is 28.6 Å². The number of nitrogens with zero attached hydrogens (tertiary/aromatic N) is 3. The molecule has 4 nitrogen and oxygen atoms in total. The quantitative estimate of drug-likeness (QED) is 0.848. The molecule has 3 atom stereocenters. The van der Waals surface area contributed by atoms with Gasteiger partial charge in [-0.3, -0.25) is 14.8 Å². The summed E-state index contributed by atoms with van der Waals surface area (Å²) in [5.74, 6) is 2.41. The Morgan fingerprint density at radius 1 is 1.04 bits per heavy atom. The summed E-state index contributed by atoms with van der Waals surface area (Å²) >= 11 is 0. The van der Waals surface area contributed by atoms with E-state index < -0.39 is 0 Å². The fourth-order valence-electron chi connectivity index (χ4n) is 5.69. The fourth-order valence-corrected chi connectivity index (χ4v) is 5.69. The summed E-state index contributed by atoms with van der Waals surface area (Å²) in [5.41, 5.74) is 2.76. The van der Waals surface area contributed by atoms with Crippen LogP contribution in [0.25, 0.3) is 0 Å². The highest BCUT2D eigenvalue weighted by Gasteiger charge is 2.53. The van der Waals surface area contributed by atoms with Crippen LogP contribution in [0.3, 0.4) is 0 Å². The summed E-state index contributed by atoms with van der Waals surface area (Å²) in [4.78, 5) is 9.68. The number of para-hydroxylation sites is 1. The van der Waals surface area contributed by atoms with Gasteiger partial charge in [0.25, 0.3) is 0 Å². The summed E-state index contributed by atoms with van der Waals surface area (Å²) in [6.45, 7) is 4.67. The van der Waals surface area contributed by atoms with Gasteiger partial charge in [-0.1, -0.05) is 18.2 Å². The molecule has 4 saturated heterocycles. The maximum atomic E-state index is 5.73. The maximum absolute atomic E-state index is 5.73. The Hall–Kier alpha value is -1.91. The molecule has 0 N–H and O–H groups in total. The first-order valence-electron chi connectivity index (χ1n) is 9.85. The number of piperidine rings is 3. The highest BCUT2D eigenvalue weighted by molar-refractivity contribution is 5.39. The van der Waals surface area contributed by atoms with Gasteiger partial charge < -0.3 is 4.74 Å². The number of likely N-dealkylation sites (tertiary alicyclic amines) is 1. The Bertz CT molecular complexity index is 757. The van der Waals surface area contributed by atoms with Crippen molar-refractivity contribution >= 4 is 0 Å². The number of aromatic nitrogens is 1. The van der Waals surface area contributed by atoms with E-state index in [1.807, 2.05) is 12.4 Å². The smallest absolute Gasteiger partial charge is 0.122 e. The van der Waals surface area contributed by atoms with Gasteiger partial charge in [0, 0.05) is 49.0 Å². The van der Waals surface area contributed by atoms with Crippen molar-refractivity contribution in [1.82, 2.24) is 14.8 Å². The molecular formula is C22H27N3O. The van der Waals surface area contributed by atoms with Crippen molar-refractivity contribution in [3.63, 3.8) is 0 Å². The first-order chi connectivity index (χ1) is 12.8. The van der Waals surface area contributed by atoms with E-state index in [2.05, 4.69) is 51.2 Å². The van der Waals surface area contributed by atoms with Crippen LogP contribution in [0.4, 0.5) is 0 Å². The highest BCUT2D eigenvalue weighted by Crippen LogP contribution is 2.48. The second-order valence-electron chi connectivity index (χ2n) is 7.99. The fraction of sp³-hybridized carbons (Fsp3) is 0.500. The number of benzene rings is 1. The third-order valence-corrected chi connectivity index (χ3v) is 6.77. The van der Waals surface area contributed by atoms with E-state index >= 15 is 0 Å². The molecule has 1 aromatic carbocycles. The molecular weight excluding hydrogens is 322 g/mol. The molecule has 4 fully saturated rings. The van der Waals surface area contributed by atoms with Gasteiger partial charge in [-0.2, -0.15) is 0 Å². The van der Waals surface area contributed by atoms with E-state index in [0.29, 0.717) is 18.0 Å². The normalized spacial score (nSPS) is 33.2. The molecule has 0 amide bonds. The van der Waals surface area contributed by atoms with Crippen LogP contribution in [0.1, 0.15) is 29.9 Å². The molecule has 4 aliphatic rings. The van der Waals surface area contributed by atoms with Crippen molar-refractivity contribution in [2.75, 3.05) is 26.7 Å². The zero-order valence-corrected chi connectivity index (χ0v) is 15.4. The van der Waals surface area contributed by atoms with Gasteiger partial charge >= 0.3 is 0 Å². The molecule has 6 rings (SSSR count). The zero-order chi connectivity index (χ0) is 17.5. The number of ether oxygens (including phenoxy) is 1. The van der Waals surface area contributed by atoms with E-state index in [-0.39, 0.29) is 0 Å². The summed E-state index contributed by atoms with van der Waals surface area (Å²) in [7, 11) is 1.80. The van der Waals surface area contributed by atoms with Crippen molar-refractivity contribution in [3.8, 4) is 5.75 Å². The van der Waals surface area contributed by atoms with Gasteiger partial charge in [0.2, 0.25) is 0 Å². The molecule has 1 aromatic heterocycles. The Labute approximate surface area is 155 Å². The summed E-state index contributed by atoms with van der Waals surface area (Å²) in [6.07, 6.45) is 6.54. The minimum absolute atomic E-state index is 0.529. The Kier molecular flexibility index (Phi) is 4.18. The van der Waals surface area contributed by atoms with Gasteiger partial charge in [-0.05, 0) is 55.6 Å². The van der Waals surface area contributed by atoms with Gasteiger partial charge in [0.15, 0.2) is 0 Å². The average Bonchev–Trinajstić information content (AvgIpc) is 3.11. The second-order valence-corrected chi connectivity index (χ2v) is 7.99. The number of hydrogen-bond donors (Lipinski definition) is 0. The van der Waals surface area contributed by atoms with Crippen molar-refractivity contribution in [1.29, 1.82) is 0 Å². The Balaban J connectivity index is 1.50. The first kappa shape index (κ1) is 16.3. The molecule has 26 heavy (non-hydrogen) atoms. The first-order valence-corrected chi connectivity index (χ1v) is 9.85. The monoisotopic (exact) mass is 349 g/mol. The molecule has 4 aliphatic heterocycles. The lowest BCUT2D eigenvalue weighted by atomic mass is 9.75. The van der Waals surface area contributed by atoms with Crippen LogP contribution in [0.2, 0.25) is 0 Å². The predicted molar refractivity (Wildman–Crippen MR) is 102 cm³/mol. The maximum Gasteiger partial charge on any atom is 0.122 e. The largest absolute Gasteiger partial charge is 0.496 e. The van der Waals surface area contributed by atoms with Crippen molar-refractivity contribution in [3.05, 3.63) is 59.9 Å². The average molecular weight is 349 g/mol. The van der Waals surface area contributed by atoms with Crippen LogP contribution in [0.15, 0.2) is 48.8 Å². The number of hydrogen-bond acceptors (Lipinski definition) is 4. The third-order valence-electron chi connectivity index (χ3n) is 6.77. The van der Waals surface area contributed by atoms with Crippen LogP contribution in [0.5, 0.6) is 5.75 Å². The van der Waals surface area contributed by atoms with E-state index in [9.17, 15) is 0 Å². The number of methoxy groups -OCH3 is 1. The van der Waals surface area contributed by atoms with Crippen LogP contribution < -0.4 is 4.74 Å². The molecule has 5 heterocycles. The third kappa shape index (κ3) is 2.63. The molecule has 136 valence electrons. The molecule has 2 aromatic rings. The molecule has 2 bridgehead atoms. The molecule has 4 heteroatoms. The Morgan fingerprint density at radius 2 is 1.81 bits per heavy atom. The summed E-state index contributed by atoms with van der Waals surface area (Å²) in [6, 6.07) is 14.2. The van der Waals surface area contributed by atoms with E-state index in [1.54, 1.807) is 7.11 Å². The van der Waals surface area contributed by atoms with Crippen LogP contribution in [-0.4, -0.2) is 53.6 Å². The minimum Gasteiger partial charge on any atom is -0.496 e. The van der Waals surface area contributed by atoms with E-state index in [0.717, 1.165) is 24.8 Å². The number of fused-ring (bicyclic) bond motifs is 2. The summed E-state index contributed by atoms with van der Waals surface area (Å²) < 4.78 is 5.73. The number of rotatable bonds is 4. The number of pyridine rings is 1. The van der Waals surface area contributed by atoms with Crippen molar-refractivity contribution in [2.45, 2.75) is 37.4 Å². The predicted octanol–water partition coefficient (Wildman–Crippen LogP) is 3.15. The standard InChI is InChI=1S/C22H27N3O/c1-26-20-5-3-2-4-18(20)19-15-25(14-16-6-10-23-11-7-16)21-17-8-12-24(13-9-17)22(19)21/h2-7,10-11,17,19,21-22H,8-9,12-15H2,1H3/t19-,21-,22-/m0/s1. The van der Waals surface area contributed by atoms with E-state index in [1.165, 1.54) is 37.1 Å². The molecule has 0 aliphatic carbocycles. The molecule has 0 saturated carbocycles. The minimum atomic E-state index is 0.529.